The van der Waals surface area contributed by atoms with E-state index in [1.54, 1.807) is 35.2 Å². The van der Waals surface area contributed by atoms with E-state index in [4.69, 9.17) is 23.2 Å². The Balaban J connectivity index is 1.68. The Kier molecular flexibility index (Phi) is 5.75. The van der Waals surface area contributed by atoms with Gasteiger partial charge in [0.25, 0.3) is 5.91 Å². The van der Waals surface area contributed by atoms with Crippen LogP contribution in [0.5, 0.6) is 0 Å². The number of likely N-dealkylation sites (tertiary alicyclic amines) is 1. The number of amides is 1. The molecule has 0 saturated carbocycles. The van der Waals surface area contributed by atoms with Crippen LogP contribution in [-0.2, 0) is 16.8 Å². The molecule has 3 nitrogen and oxygen atoms in total. The Morgan fingerprint density at radius 2 is 1.67 bits per heavy atom. The van der Waals surface area contributed by atoms with Gasteiger partial charge in [-0.3, -0.25) is 4.79 Å². The maximum Gasteiger partial charge on any atom is 0.255 e. The molecule has 0 spiro atoms. The van der Waals surface area contributed by atoms with Crippen LogP contribution in [0.3, 0.4) is 0 Å². The molecule has 2 aromatic rings. The first-order chi connectivity index (χ1) is 14.3. The molecular formula is C24H23Cl2FN2O. The molecule has 30 heavy (non-hydrogen) atoms. The van der Waals surface area contributed by atoms with Crippen molar-refractivity contribution in [1.82, 2.24) is 9.80 Å². The van der Waals surface area contributed by atoms with E-state index in [2.05, 4.69) is 18.5 Å². The molecule has 1 amide bonds. The molecule has 1 fully saturated rings. The second kappa shape index (κ2) is 8.18. The lowest BCUT2D eigenvalue weighted by molar-refractivity contribution is -0.125. The minimum absolute atomic E-state index is 0.0648. The summed E-state index contributed by atoms with van der Waals surface area (Å²) in [4.78, 5) is 17.5. The average Bonchev–Trinajstić information content (AvgIpc) is 2.97. The number of hydrogen-bond acceptors (Lipinski definition) is 2. The van der Waals surface area contributed by atoms with E-state index in [0.29, 0.717) is 22.3 Å². The third kappa shape index (κ3) is 3.92. The summed E-state index contributed by atoms with van der Waals surface area (Å²) in [5.41, 5.74) is 2.72. The minimum atomic E-state index is -0.457. The minimum Gasteiger partial charge on any atom is -0.306 e. The first-order valence-electron chi connectivity index (χ1n) is 9.91. The zero-order chi connectivity index (χ0) is 21.5. The molecule has 2 aliphatic heterocycles. The molecular weight excluding hydrogens is 422 g/mol. The Morgan fingerprint density at radius 1 is 1.07 bits per heavy atom. The van der Waals surface area contributed by atoms with Gasteiger partial charge in [-0.1, -0.05) is 41.9 Å². The van der Waals surface area contributed by atoms with Gasteiger partial charge in [0.2, 0.25) is 0 Å². The molecule has 2 aromatic carbocycles. The molecule has 0 atom stereocenters. The fourth-order valence-electron chi connectivity index (χ4n) is 4.47. The lowest BCUT2D eigenvalue weighted by atomic mass is 9.67. The van der Waals surface area contributed by atoms with Crippen LogP contribution >= 0.6 is 23.2 Å². The Morgan fingerprint density at radius 3 is 2.27 bits per heavy atom. The van der Waals surface area contributed by atoms with Crippen molar-refractivity contribution in [3.05, 3.63) is 93.4 Å². The number of carbonyl (C=O) groups excluding carboxylic acids is 1. The van der Waals surface area contributed by atoms with Gasteiger partial charge in [-0.2, -0.15) is 0 Å². The summed E-state index contributed by atoms with van der Waals surface area (Å²) in [5.74, 6) is -0.345. The number of hydrogen-bond donors (Lipinski definition) is 0. The predicted octanol–water partition coefficient (Wildman–Crippen LogP) is 5.58. The van der Waals surface area contributed by atoms with Gasteiger partial charge < -0.3 is 9.80 Å². The van der Waals surface area contributed by atoms with Gasteiger partial charge >= 0.3 is 0 Å². The molecule has 0 aromatic heterocycles. The largest absolute Gasteiger partial charge is 0.306 e. The highest BCUT2D eigenvalue weighted by Crippen LogP contribution is 2.45. The van der Waals surface area contributed by atoms with Gasteiger partial charge in [0, 0.05) is 26.7 Å². The Hall–Kier alpha value is -2.14. The second-order valence-electron chi connectivity index (χ2n) is 8.11. The summed E-state index contributed by atoms with van der Waals surface area (Å²) in [7, 11) is 2.08. The number of carbonyl (C=O) groups is 1. The van der Waals surface area contributed by atoms with Crippen LogP contribution < -0.4 is 0 Å². The van der Waals surface area contributed by atoms with Crippen molar-refractivity contribution in [2.75, 3.05) is 20.1 Å². The third-order valence-corrected chi connectivity index (χ3v) is 6.59. The van der Waals surface area contributed by atoms with Crippen molar-refractivity contribution in [1.29, 1.82) is 0 Å². The fourth-order valence-corrected chi connectivity index (χ4v) is 5.04. The number of allylic oxidation sites excluding steroid dienone is 1. The molecule has 156 valence electrons. The number of nitrogens with zero attached hydrogens (tertiary/aromatic N) is 2. The van der Waals surface area contributed by atoms with Crippen LogP contribution in [0.15, 0.2) is 66.4 Å². The topological polar surface area (TPSA) is 23.6 Å². The molecule has 2 heterocycles. The van der Waals surface area contributed by atoms with Crippen molar-refractivity contribution < 1.29 is 9.18 Å². The Labute approximate surface area is 186 Å². The molecule has 0 N–H and O–H groups in total. The van der Waals surface area contributed by atoms with Crippen molar-refractivity contribution in [2.24, 2.45) is 0 Å². The summed E-state index contributed by atoms with van der Waals surface area (Å²) >= 11 is 12.3. The van der Waals surface area contributed by atoms with Crippen LogP contribution in [0, 0.1) is 5.82 Å². The van der Waals surface area contributed by atoms with Gasteiger partial charge in [0.05, 0.1) is 6.54 Å². The van der Waals surface area contributed by atoms with Crippen molar-refractivity contribution in [2.45, 2.75) is 24.8 Å². The van der Waals surface area contributed by atoms with Crippen molar-refractivity contribution in [3.8, 4) is 0 Å². The van der Waals surface area contributed by atoms with Crippen molar-refractivity contribution >= 4 is 29.1 Å². The molecule has 0 radical (unpaired) electrons. The molecule has 1 saturated heterocycles. The highest BCUT2D eigenvalue weighted by atomic mass is 35.5. The fraction of sp³-hybridized carbons (Fsp3) is 0.292. The quantitative estimate of drug-likeness (QED) is 0.614. The average molecular weight is 445 g/mol. The summed E-state index contributed by atoms with van der Waals surface area (Å²) < 4.78 is 13.6. The van der Waals surface area contributed by atoms with Crippen LogP contribution in [0.4, 0.5) is 4.39 Å². The molecule has 0 aliphatic carbocycles. The van der Waals surface area contributed by atoms with E-state index in [1.165, 1.54) is 12.1 Å². The van der Waals surface area contributed by atoms with Gasteiger partial charge in [0.15, 0.2) is 0 Å². The maximum atomic E-state index is 13.6. The van der Waals surface area contributed by atoms with Crippen LogP contribution in [0.2, 0.25) is 10.0 Å². The van der Waals surface area contributed by atoms with E-state index in [-0.39, 0.29) is 11.7 Å². The number of piperidine rings is 1. The zero-order valence-corrected chi connectivity index (χ0v) is 18.3. The summed E-state index contributed by atoms with van der Waals surface area (Å²) in [6.45, 7) is 6.18. The molecule has 0 unspecified atom stereocenters. The molecule has 6 heteroatoms. The SMILES string of the molecule is C=C1C=C(C2(c3ccc(F)cc3)CCN(C)CC2)C(=O)N1Cc1cc(Cl)cc(Cl)c1. The van der Waals surface area contributed by atoms with Gasteiger partial charge in [-0.15, -0.1) is 0 Å². The third-order valence-electron chi connectivity index (χ3n) is 6.15. The van der Waals surface area contributed by atoms with Gasteiger partial charge in [0.1, 0.15) is 5.82 Å². The summed E-state index contributed by atoms with van der Waals surface area (Å²) in [6, 6.07) is 11.8. The summed E-state index contributed by atoms with van der Waals surface area (Å²) in [6.07, 6.45) is 3.47. The van der Waals surface area contributed by atoms with Crippen LogP contribution in [-0.4, -0.2) is 35.8 Å². The van der Waals surface area contributed by atoms with E-state index >= 15 is 0 Å². The standard InChI is InChI=1S/C24H23Cl2FN2O/c1-16-11-22(23(30)29(16)15-17-12-19(25)14-20(26)13-17)24(7-9-28(2)10-8-24)18-3-5-21(27)6-4-18/h3-6,11-14H,1,7-10,15H2,2H3. The van der Waals surface area contributed by atoms with Crippen molar-refractivity contribution in [3.63, 3.8) is 0 Å². The maximum absolute atomic E-state index is 13.6. The molecule has 0 bridgehead atoms. The number of halogens is 3. The monoisotopic (exact) mass is 444 g/mol. The number of rotatable bonds is 4. The van der Waals surface area contributed by atoms with E-state index in [1.807, 2.05) is 6.08 Å². The molecule has 2 aliphatic rings. The Bertz CT molecular complexity index is 1000. The highest BCUT2D eigenvalue weighted by molar-refractivity contribution is 6.34. The normalized spacial score (nSPS) is 19.3. The van der Waals surface area contributed by atoms with E-state index < -0.39 is 5.41 Å². The highest BCUT2D eigenvalue weighted by Gasteiger charge is 2.45. The smallest absolute Gasteiger partial charge is 0.255 e. The van der Waals surface area contributed by atoms with E-state index in [0.717, 1.165) is 42.6 Å². The van der Waals surface area contributed by atoms with Crippen LogP contribution in [0.25, 0.3) is 0 Å². The second-order valence-corrected chi connectivity index (χ2v) is 8.98. The number of benzene rings is 2. The van der Waals surface area contributed by atoms with Crippen LogP contribution in [0.1, 0.15) is 24.0 Å². The summed E-state index contributed by atoms with van der Waals surface area (Å²) in [5, 5.41) is 1.06. The zero-order valence-electron chi connectivity index (χ0n) is 16.8. The lowest BCUT2D eigenvalue weighted by Gasteiger charge is -2.42. The first-order valence-corrected chi connectivity index (χ1v) is 10.7. The predicted molar refractivity (Wildman–Crippen MR) is 119 cm³/mol. The van der Waals surface area contributed by atoms with E-state index in [9.17, 15) is 9.18 Å². The molecule has 4 rings (SSSR count). The first kappa shape index (κ1) is 21.1. The van der Waals surface area contributed by atoms with Gasteiger partial charge in [-0.05, 0) is 80.5 Å². The lowest BCUT2D eigenvalue weighted by Crippen LogP contribution is -2.44. The van der Waals surface area contributed by atoms with Gasteiger partial charge in [-0.25, -0.2) is 4.39 Å².